The molecule has 0 radical (unpaired) electrons. The molecule has 1 amide bonds. The van der Waals surface area contributed by atoms with Gasteiger partial charge in [0, 0.05) is 12.5 Å². The van der Waals surface area contributed by atoms with Gasteiger partial charge in [-0.1, -0.05) is 30.3 Å². The van der Waals surface area contributed by atoms with Crippen molar-refractivity contribution < 1.29 is 15.0 Å². The fourth-order valence-electron chi connectivity index (χ4n) is 1.45. The minimum absolute atomic E-state index is 0.126. The summed E-state index contributed by atoms with van der Waals surface area (Å²) in [7, 11) is 0. The largest absolute Gasteiger partial charge is 0.394 e. The number of carbonyl (C=O) groups is 1. The van der Waals surface area contributed by atoms with E-state index in [1.54, 1.807) is 0 Å². The number of carbonyl (C=O) groups excluding carboxylic acids is 1. The molecule has 1 aromatic carbocycles. The standard InChI is InChI=1S/C12H18N2O3/c13-11(9-4-2-1-3-5-9)6-12(17)14-10(7-15)8-16/h1-5,10-11,15-16H,6-8,13H2,(H,14,17). The van der Waals surface area contributed by atoms with Gasteiger partial charge in [0.2, 0.25) is 5.91 Å². The smallest absolute Gasteiger partial charge is 0.222 e. The lowest BCUT2D eigenvalue weighted by Crippen LogP contribution is -2.41. The molecule has 0 aliphatic heterocycles. The van der Waals surface area contributed by atoms with Crippen LogP contribution in [0.25, 0.3) is 0 Å². The number of amides is 1. The van der Waals surface area contributed by atoms with Gasteiger partial charge in [-0.05, 0) is 5.56 Å². The lowest BCUT2D eigenvalue weighted by Gasteiger charge is -2.16. The Morgan fingerprint density at radius 3 is 2.35 bits per heavy atom. The van der Waals surface area contributed by atoms with Crippen LogP contribution in [0.3, 0.4) is 0 Å². The topological polar surface area (TPSA) is 95.6 Å². The number of hydrogen-bond donors (Lipinski definition) is 4. The van der Waals surface area contributed by atoms with Gasteiger partial charge in [-0.15, -0.1) is 0 Å². The molecule has 1 atom stereocenters. The minimum Gasteiger partial charge on any atom is -0.394 e. The van der Waals surface area contributed by atoms with Crippen LogP contribution in [0.1, 0.15) is 18.0 Å². The van der Waals surface area contributed by atoms with E-state index in [1.807, 2.05) is 30.3 Å². The van der Waals surface area contributed by atoms with Crippen LogP contribution >= 0.6 is 0 Å². The molecule has 1 rings (SSSR count). The van der Waals surface area contributed by atoms with Gasteiger partial charge in [0.05, 0.1) is 19.3 Å². The summed E-state index contributed by atoms with van der Waals surface area (Å²) in [5.74, 6) is -0.283. The van der Waals surface area contributed by atoms with E-state index in [9.17, 15) is 4.79 Å². The molecule has 1 aromatic rings. The highest BCUT2D eigenvalue weighted by molar-refractivity contribution is 5.77. The highest BCUT2D eigenvalue weighted by Gasteiger charge is 2.14. The SMILES string of the molecule is NC(CC(=O)NC(CO)CO)c1ccccc1. The lowest BCUT2D eigenvalue weighted by molar-refractivity contribution is -0.122. The van der Waals surface area contributed by atoms with Crippen LogP contribution in [-0.4, -0.2) is 35.4 Å². The molecule has 0 heterocycles. The second kappa shape index (κ2) is 7.01. The van der Waals surface area contributed by atoms with Gasteiger partial charge >= 0.3 is 0 Å². The molecule has 0 saturated heterocycles. The number of hydrogen-bond acceptors (Lipinski definition) is 4. The normalized spacial score (nSPS) is 12.5. The van der Waals surface area contributed by atoms with Gasteiger partial charge in [0.25, 0.3) is 0 Å². The van der Waals surface area contributed by atoms with Gasteiger partial charge in [-0.25, -0.2) is 0 Å². The van der Waals surface area contributed by atoms with E-state index in [4.69, 9.17) is 15.9 Å². The van der Waals surface area contributed by atoms with E-state index in [0.29, 0.717) is 0 Å². The predicted octanol–water partition coefficient (Wildman–Crippen LogP) is -0.454. The molecule has 5 nitrogen and oxygen atoms in total. The monoisotopic (exact) mass is 238 g/mol. The third kappa shape index (κ3) is 4.52. The van der Waals surface area contributed by atoms with Crippen LogP contribution in [0, 0.1) is 0 Å². The molecule has 5 N–H and O–H groups in total. The molecular weight excluding hydrogens is 220 g/mol. The summed E-state index contributed by atoms with van der Waals surface area (Å²) in [6.45, 7) is -0.578. The van der Waals surface area contributed by atoms with Crippen molar-refractivity contribution in [3.63, 3.8) is 0 Å². The zero-order valence-electron chi connectivity index (χ0n) is 9.54. The maximum Gasteiger partial charge on any atom is 0.222 e. The molecular formula is C12H18N2O3. The van der Waals surface area contributed by atoms with Crippen molar-refractivity contribution in [2.45, 2.75) is 18.5 Å². The van der Waals surface area contributed by atoms with Crippen molar-refractivity contribution in [2.75, 3.05) is 13.2 Å². The van der Waals surface area contributed by atoms with Gasteiger partial charge in [-0.3, -0.25) is 4.79 Å². The second-order valence-corrected chi connectivity index (χ2v) is 3.85. The molecule has 0 saturated carbocycles. The molecule has 17 heavy (non-hydrogen) atoms. The quantitative estimate of drug-likeness (QED) is 0.539. The number of nitrogens with one attached hydrogen (secondary N) is 1. The Balaban J connectivity index is 2.46. The van der Waals surface area contributed by atoms with Crippen molar-refractivity contribution in [3.8, 4) is 0 Å². The van der Waals surface area contributed by atoms with Gasteiger partial charge in [-0.2, -0.15) is 0 Å². The molecule has 0 aromatic heterocycles. The van der Waals surface area contributed by atoms with Gasteiger partial charge in [0.15, 0.2) is 0 Å². The van der Waals surface area contributed by atoms with Crippen molar-refractivity contribution in [1.29, 1.82) is 0 Å². The maximum absolute atomic E-state index is 11.5. The average Bonchev–Trinajstić information content (AvgIpc) is 2.37. The zero-order valence-corrected chi connectivity index (χ0v) is 9.54. The molecule has 0 aliphatic rings. The Morgan fingerprint density at radius 1 is 1.24 bits per heavy atom. The van der Waals surface area contributed by atoms with Crippen LogP contribution in [0.15, 0.2) is 30.3 Å². The summed E-state index contributed by atoms with van der Waals surface area (Å²) in [6, 6.07) is 8.30. The van der Waals surface area contributed by atoms with E-state index in [0.717, 1.165) is 5.56 Å². The molecule has 5 heteroatoms. The predicted molar refractivity (Wildman–Crippen MR) is 64.1 cm³/mol. The fraction of sp³-hybridized carbons (Fsp3) is 0.417. The maximum atomic E-state index is 11.5. The third-order valence-electron chi connectivity index (χ3n) is 2.44. The number of rotatable bonds is 6. The van der Waals surface area contributed by atoms with E-state index in [-0.39, 0.29) is 31.6 Å². The van der Waals surface area contributed by atoms with E-state index < -0.39 is 6.04 Å². The van der Waals surface area contributed by atoms with Crippen LogP contribution in [0.5, 0.6) is 0 Å². The fourth-order valence-corrected chi connectivity index (χ4v) is 1.45. The molecule has 1 unspecified atom stereocenters. The Bertz CT molecular complexity index is 339. The summed E-state index contributed by atoms with van der Waals surface area (Å²) in [4.78, 5) is 11.5. The first-order chi connectivity index (χ1) is 8.17. The molecule has 94 valence electrons. The van der Waals surface area contributed by atoms with E-state index >= 15 is 0 Å². The highest BCUT2D eigenvalue weighted by atomic mass is 16.3. The number of aliphatic hydroxyl groups excluding tert-OH is 2. The highest BCUT2D eigenvalue weighted by Crippen LogP contribution is 2.12. The number of benzene rings is 1. The molecule has 0 bridgehead atoms. The van der Waals surface area contributed by atoms with E-state index in [1.165, 1.54) is 0 Å². The van der Waals surface area contributed by atoms with Gasteiger partial charge in [0.1, 0.15) is 0 Å². The van der Waals surface area contributed by atoms with Gasteiger partial charge < -0.3 is 21.3 Å². The first kappa shape index (κ1) is 13.6. The minimum atomic E-state index is -0.620. The van der Waals surface area contributed by atoms with Crippen LogP contribution in [-0.2, 0) is 4.79 Å². The van der Waals surface area contributed by atoms with Crippen molar-refractivity contribution in [2.24, 2.45) is 5.73 Å². The van der Waals surface area contributed by atoms with Crippen LogP contribution in [0.4, 0.5) is 0 Å². The number of nitrogens with two attached hydrogens (primary N) is 1. The van der Waals surface area contributed by atoms with Crippen LogP contribution in [0.2, 0.25) is 0 Å². The second-order valence-electron chi connectivity index (χ2n) is 3.85. The van der Waals surface area contributed by atoms with Crippen LogP contribution < -0.4 is 11.1 Å². The number of aliphatic hydroxyl groups is 2. The van der Waals surface area contributed by atoms with Crippen molar-refractivity contribution >= 4 is 5.91 Å². The summed E-state index contributed by atoms with van der Waals surface area (Å²) in [6.07, 6.45) is 0.126. The Labute approximate surface area is 100 Å². The zero-order chi connectivity index (χ0) is 12.7. The summed E-state index contributed by atoms with van der Waals surface area (Å²) in [5.41, 5.74) is 6.75. The lowest BCUT2D eigenvalue weighted by atomic mass is 10.0. The summed E-state index contributed by atoms with van der Waals surface area (Å²) in [5, 5.41) is 20.1. The Morgan fingerprint density at radius 2 is 1.82 bits per heavy atom. The Kier molecular flexibility index (Phi) is 5.62. The molecule has 0 fully saturated rings. The molecule has 0 spiro atoms. The first-order valence-electron chi connectivity index (χ1n) is 5.49. The van der Waals surface area contributed by atoms with Crippen molar-refractivity contribution in [1.82, 2.24) is 5.32 Å². The summed E-state index contributed by atoms with van der Waals surface area (Å²) < 4.78 is 0. The third-order valence-corrected chi connectivity index (χ3v) is 2.44. The summed E-state index contributed by atoms with van der Waals surface area (Å²) >= 11 is 0. The van der Waals surface area contributed by atoms with Crippen molar-refractivity contribution in [3.05, 3.63) is 35.9 Å². The average molecular weight is 238 g/mol. The molecule has 0 aliphatic carbocycles. The van der Waals surface area contributed by atoms with E-state index in [2.05, 4.69) is 5.32 Å². The Hall–Kier alpha value is -1.43. The first-order valence-corrected chi connectivity index (χ1v) is 5.49.